The van der Waals surface area contributed by atoms with Gasteiger partial charge in [0.15, 0.2) is 0 Å². The van der Waals surface area contributed by atoms with Gasteiger partial charge in [0.25, 0.3) is 5.60 Å². The largest absolute Gasteiger partial charge is 0.430 e. The molecule has 0 amide bonds. The molecule has 0 saturated carbocycles. The van der Waals surface area contributed by atoms with Crippen LogP contribution in [0, 0.1) is 0 Å². The Hall–Kier alpha value is -3.10. The summed E-state index contributed by atoms with van der Waals surface area (Å²) in [6.07, 6.45) is -4.49. The maximum absolute atomic E-state index is 13.8. The number of rotatable bonds is 20. The molecule has 3 unspecified atom stereocenters. The van der Waals surface area contributed by atoms with Gasteiger partial charge in [0.1, 0.15) is 0 Å². The molecule has 0 heterocycles. The van der Waals surface area contributed by atoms with Crippen molar-refractivity contribution in [3.63, 3.8) is 0 Å². The number of benzene rings is 4. The van der Waals surface area contributed by atoms with E-state index >= 15 is 0 Å². The van der Waals surface area contributed by atoms with Crippen LogP contribution < -0.4 is 15.6 Å². The van der Waals surface area contributed by atoms with E-state index in [0.717, 1.165) is 40.9 Å². The molecule has 0 aliphatic carbocycles. The van der Waals surface area contributed by atoms with Crippen LogP contribution in [0.1, 0.15) is 27.8 Å². The van der Waals surface area contributed by atoms with E-state index < -0.39 is 78.8 Å². The summed E-state index contributed by atoms with van der Waals surface area (Å²) in [6, 6.07) is 33.8. The van der Waals surface area contributed by atoms with Gasteiger partial charge in [-0.25, -0.2) is 0 Å². The minimum Gasteiger partial charge on any atom is -0.369 e. The first-order chi connectivity index (χ1) is 29.8. The van der Waals surface area contributed by atoms with Gasteiger partial charge in [-0.2, -0.15) is 26.3 Å². The number of aliphatic hydroxyl groups is 1. The highest BCUT2D eigenvalue weighted by Gasteiger charge is 2.71. The zero-order chi connectivity index (χ0) is 49.1. The molecule has 4 rings (SSSR count). The Bertz CT molecular complexity index is 2280. The fourth-order valence-electron chi connectivity index (χ4n) is 9.91. The Kier molecular flexibility index (Phi) is 17.0. The molecule has 0 bridgehead atoms. The van der Waals surface area contributed by atoms with E-state index in [1.165, 1.54) is 38.6 Å². The third-order valence-corrected chi connectivity index (χ3v) is 71.8. The maximum atomic E-state index is 13.8. The average Bonchev–Trinajstić information content (AvgIpc) is 3.23. The molecule has 3 atom stereocenters. The smallest absolute Gasteiger partial charge is 0.369 e. The van der Waals surface area contributed by atoms with Crippen molar-refractivity contribution in [1.82, 2.24) is 0 Å². The van der Waals surface area contributed by atoms with Gasteiger partial charge in [-0.05, 0) is 28.3 Å². The SMILES string of the molecule is C=Cc1ccc([Si](CC[Si](C)(C)/C=C/c2cccc(C(O)(C(F)(F)F)C(F)(F)F)c2)(C[Si](C)(C)C)C[Si](C)(C)[SiH](C)C[Si](C)(c2ccc(C=C)cc2)[Si](C)(C)c2ccc(C=C)cc2)cc1. The van der Waals surface area contributed by atoms with E-state index in [1.54, 1.807) is 6.08 Å². The zero-order valence-corrected chi connectivity index (χ0v) is 47.7. The lowest BCUT2D eigenvalue weighted by Crippen LogP contribution is -2.73. The standard InChI is InChI=1S/C51H72F6OSi7/c1-15-41-21-27-46(28-22-41)63(12,13)64(14,47-29-23-42(16-2)24-30-47)38-59(4)62(10,11)40-65(39-60(5,6)7,48-31-25-43(17-3)26-32-48)36-35-61(8,9)34-33-44-19-18-20-45(37-44)49(58,50(52,53)54)51(55,56)57/h15-34,37,58-59H,1-3,35-36,38-40H2,4-14H3/b34-33+. The second kappa shape index (κ2) is 20.2. The van der Waals surface area contributed by atoms with Crippen molar-refractivity contribution in [2.24, 2.45) is 0 Å². The molecule has 0 aliphatic rings. The molecule has 0 aliphatic heterocycles. The maximum Gasteiger partial charge on any atom is 0.430 e. The summed E-state index contributed by atoms with van der Waals surface area (Å²) in [6.45, 7) is 40.0. The van der Waals surface area contributed by atoms with Gasteiger partial charge in [0.2, 0.25) is 0 Å². The highest BCUT2D eigenvalue weighted by Crippen LogP contribution is 2.50. The van der Waals surface area contributed by atoms with Gasteiger partial charge in [-0.3, -0.25) is 0 Å². The summed E-state index contributed by atoms with van der Waals surface area (Å²) in [4.78, 5) is 0. The monoisotopic (exact) mass is 1010 g/mol. The predicted octanol–water partition coefficient (Wildman–Crippen LogP) is 13.8. The van der Waals surface area contributed by atoms with Crippen LogP contribution in [0.25, 0.3) is 24.3 Å². The Balaban J connectivity index is 1.80. The first kappa shape index (κ1) is 54.5. The van der Waals surface area contributed by atoms with Crippen LogP contribution in [0.3, 0.4) is 0 Å². The van der Waals surface area contributed by atoms with Crippen molar-refractivity contribution in [2.75, 3.05) is 0 Å². The fraction of sp³-hybridized carbons (Fsp3) is 0.373. The van der Waals surface area contributed by atoms with Crippen molar-refractivity contribution < 1.29 is 31.4 Å². The first-order valence-electron chi connectivity index (χ1n) is 22.6. The fourth-order valence-corrected chi connectivity index (χ4v) is 80.5. The first-order valence-corrected chi connectivity index (χ1v) is 46.0. The number of halogens is 6. The Morgan fingerprint density at radius 3 is 1.45 bits per heavy atom. The molecule has 0 saturated heterocycles. The molecule has 1 nitrogen and oxygen atoms in total. The van der Waals surface area contributed by atoms with Crippen LogP contribution in [-0.4, -0.2) is 72.8 Å². The second-order valence-corrected chi connectivity index (χ2v) is 67.5. The van der Waals surface area contributed by atoms with Crippen LogP contribution in [0.4, 0.5) is 26.3 Å². The summed E-state index contributed by atoms with van der Waals surface area (Å²) in [5.41, 5.74) is 3.25. The molecule has 14 heteroatoms. The highest BCUT2D eigenvalue weighted by atomic mass is 29.3. The number of hydrogen-bond acceptors (Lipinski definition) is 1. The summed E-state index contributed by atoms with van der Waals surface area (Å²) in [7, 11) is -13.7. The van der Waals surface area contributed by atoms with Crippen LogP contribution in [0.5, 0.6) is 0 Å². The Morgan fingerprint density at radius 1 is 0.569 bits per heavy atom. The molecule has 4 aromatic rings. The quantitative estimate of drug-likeness (QED) is 0.0691. The van der Waals surface area contributed by atoms with Gasteiger partial charge in [0, 0.05) is 29.5 Å². The van der Waals surface area contributed by atoms with Gasteiger partial charge in [-0.1, -0.05) is 257 Å². The van der Waals surface area contributed by atoms with Crippen LogP contribution >= 0.6 is 0 Å². The number of alkyl halides is 6. The molecule has 0 spiro atoms. The molecule has 0 aromatic heterocycles. The molecular weight excluding hydrogens is 939 g/mol. The molecule has 65 heavy (non-hydrogen) atoms. The number of hydrogen-bond donors (Lipinski definition) is 1. The van der Waals surface area contributed by atoms with Crippen molar-refractivity contribution in [1.29, 1.82) is 0 Å². The molecule has 1 N–H and O–H groups in total. The van der Waals surface area contributed by atoms with Crippen LogP contribution in [-0.2, 0) is 5.60 Å². The molecule has 4 aromatic carbocycles. The van der Waals surface area contributed by atoms with Gasteiger partial charge in [-0.15, -0.1) is 0 Å². The Labute approximate surface area is 393 Å². The van der Waals surface area contributed by atoms with E-state index in [4.69, 9.17) is 0 Å². The minimum atomic E-state index is -5.94. The summed E-state index contributed by atoms with van der Waals surface area (Å²) >= 11 is 0. The van der Waals surface area contributed by atoms with Crippen LogP contribution in [0.2, 0.25) is 101 Å². The topological polar surface area (TPSA) is 20.2 Å². The minimum absolute atomic E-state index is 0.198. The van der Waals surface area contributed by atoms with E-state index in [-0.39, 0.29) is 5.56 Å². The van der Waals surface area contributed by atoms with Gasteiger partial charge < -0.3 is 5.11 Å². The van der Waals surface area contributed by atoms with E-state index in [2.05, 4.69) is 170 Å². The van der Waals surface area contributed by atoms with Gasteiger partial charge >= 0.3 is 12.4 Å². The third-order valence-electron chi connectivity index (χ3n) is 14.6. The molecule has 0 fully saturated rings. The highest BCUT2D eigenvalue weighted by molar-refractivity contribution is 7.54. The molecule has 352 valence electrons. The lowest BCUT2D eigenvalue weighted by Gasteiger charge is -2.48. The van der Waals surface area contributed by atoms with E-state index in [0.29, 0.717) is 6.07 Å². The van der Waals surface area contributed by atoms with Crippen LogP contribution in [0.15, 0.2) is 122 Å². The predicted molar refractivity (Wildman–Crippen MR) is 290 cm³/mol. The normalized spacial score (nSPS) is 15.8. The van der Waals surface area contributed by atoms with Gasteiger partial charge in [0.05, 0.1) is 31.3 Å². The van der Waals surface area contributed by atoms with Crippen molar-refractivity contribution in [3.8, 4) is 0 Å². The lowest BCUT2D eigenvalue weighted by molar-refractivity contribution is -0.376. The molecular formula is C51H72F6OSi7. The van der Waals surface area contributed by atoms with Crippen molar-refractivity contribution in [3.05, 3.63) is 150 Å². The van der Waals surface area contributed by atoms with Crippen molar-refractivity contribution >= 4 is 95.2 Å². The summed E-state index contributed by atoms with van der Waals surface area (Å²) in [5.74, 6) is 0. The molecule has 0 radical (unpaired) electrons. The third kappa shape index (κ3) is 12.5. The summed E-state index contributed by atoms with van der Waals surface area (Å²) in [5, 5.41) is 14.7. The van der Waals surface area contributed by atoms with Crippen molar-refractivity contribution in [2.45, 2.75) is 119 Å². The second-order valence-electron chi connectivity index (χ2n) is 21.9. The summed E-state index contributed by atoms with van der Waals surface area (Å²) < 4.78 is 83.0. The average molecular weight is 1010 g/mol. The van der Waals surface area contributed by atoms with E-state index in [1.807, 2.05) is 18.2 Å². The van der Waals surface area contributed by atoms with E-state index in [9.17, 15) is 31.4 Å². The lowest BCUT2D eigenvalue weighted by atomic mass is 9.91. The Morgan fingerprint density at radius 2 is 1.02 bits per heavy atom. The zero-order valence-electron chi connectivity index (χ0n) is 40.6.